The van der Waals surface area contributed by atoms with Crippen molar-refractivity contribution in [2.75, 3.05) is 0 Å². The first kappa shape index (κ1) is 15.9. The predicted molar refractivity (Wildman–Crippen MR) is 92.8 cm³/mol. The lowest BCUT2D eigenvalue weighted by Crippen LogP contribution is -2.28. The molecule has 5 heteroatoms. The van der Waals surface area contributed by atoms with E-state index in [2.05, 4.69) is 15.4 Å². The van der Waals surface area contributed by atoms with E-state index in [0.717, 1.165) is 16.8 Å². The molecule has 122 valence electrons. The Hall–Kier alpha value is -2.95. The number of nitrogens with zero attached hydrogens (tertiary/aromatic N) is 3. The molecule has 3 aromatic rings. The summed E-state index contributed by atoms with van der Waals surface area (Å²) < 4.78 is 1.70. The zero-order valence-electron chi connectivity index (χ0n) is 13.8. The minimum absolute atomic E-state index is 0.0201. The van der Waals surface area contributed by atoms with Crippen molar-refractivity contribution in [2.45, 2.75) is 26.3 Å². The number of amides is 1. The molecule has 0 unspecified atom stereocenters. The second-order valence-corrected chi connectivity index (χ2v) is 5.88. The molecule has 0 radical (unpaired) electrons. The Morgan fingerprint density at radius 3 is 2.46 bits per heavy atom. The lowest BCUT2D eigenvalue weighted by molar-refractivity contribution is -0.121. The quantitative estimate of drug-likeness (QED) is 0.786. The van der Waals surface area contributed by atoms with Gasteiger partial charge in [-0.15, -0.1) is 0 Å². The lowest BCUT2D eigenvalue weighted by Gasteiger charge is -2.15. The molecule has 0 aliphatic rings. The molecular weight excluding hydrogens is 300 g/mol. The van der Waals surface area contributed by atoms with E-state index in [4.69, 9.17) is 0 Å². The summed E-state index contributed by atoms with van der Waals surface area (Å²) >= 11 is 0. The fourth-order valence-corrected chi connectivity index (χ4v) is 2.52. The molecule has 1 amide bonds. The Morgan fingerprint density at radius 1 is 1.12 bits per heavy atom. The molecule has 2 aromatic carbocycles. The van der Waals surface area contributed by atoms with Crippen molar-refractivity contribution >= 4 is 5.91 Å². The average Bonchev–Trinajstić information content (AvgIpc) is 3.11. The number of nitrogens with one attached hydrogen (secondary N) is 1. The Labute approximate surface area is 141 Å². The van der Waals surface area contributed by atoms with Crippen LogP contribution in [0.15, 0.2) is 61.2 Å². The number of carbonyl (C=O) groups excluding carboxylic acids is 1. The molecule has 1 N–H and O–H groups in total. The maximum Gasteiger partial charge on any atom is 0.224 e. The molecule has 5 nitrogen and oxygen atoms in total. The number of rotatable bonds is 5. The van der Waals surface area contributed by atoms with Crippen LogP contribution in [0, 0.1) is 6.92 Å². The first-order valence-corrected chi connectivity index (χ1v) is 7.92. The van der Waals surface area contributed by atoms with Crippen molar-refractivity contribution in [1.82, 2.24) is 20.1 Å². The maximum atomic E-state index is 12.2. The van der Waals surface area contributed by atoms with E-state index in [1.165, 1.54) is 11.9 Å². The van der Waals surface area contributed by atoms with Crippen molar-refractivity contribution in [3.8, 4) is 5.69 Å². The molecule has 0 saturated heterocycles. The third-order valence-electron chi connectivity index (χ3n) is 3.94. The Bertz CT molecular complexity index is 792. The van der Waals surface area contributed by atoms with Gasteiger partial charge < -0.3 is 5.32 Å². The first-order chi connectivity index (χ1) is 11.6. The van der Waals surface area contributed by atoms with E-state index in [1.807, 2.05) is 62.4 Å². The average molecular weight is 320 g/mol. The van der Waals surface area contributed by atoms with Crippen molar-refractivity contribution < 1.29 is 4.79 Å². The lowest BCUT2D eigenvalue weighted by atomic mass is 10.1. The van der Waals surface area contributed by atoms with E-state index in [9.17, 15) is 4.79 Å². The third-order valence-corrected chi connectivity index (χ3v) is 3.94. The summed E-state index contributed by atoms with van der Waals surface area (Å²) in [5.41, 5.74) is 4.21. The van der Waals surface area contributed by atoms with Gasteiger partial charge in [-0.25, -0.2) is 9.67 Å². The highest BCUT2D eigenvalue weighted by molar-refractivity contribution is 5.79. The van der Waals surface area contributed by atoms with Crippen LogP contribution in [0.2, 0.25) is 0 Å². The molecule has 0 aliphatic carbocycles. The van der Waals surface area contributed by atoms with Crippen LogP contribution in [0.5, 0.6) is 0 Å². The number of benzene rings is 2. The number of aromatic nitrogens is 3. The monoisotopic (exact) mass is 320 g/mol. The van der Waals surface area contributed by atoms with Gasteiger partial charge in [-0.05, 0) is 37.1 Å². The van der Waals surface area contributed by atoms with Gasteiger partial charge >= 0.3 is 0 Å². The van der Waals surface area contributed by atoms with Gasteiger partial charge in [0.25, 0.3) is 0 Å². The fourth-order valence-electron chi connectivity index (χ4n) is 2.52. The molecule has 0 bridgehead atoms. The second-order valence-electron chi connectivity index (χ2n) is 5.88. The Morgan fingerprint density at radius 2 is 1.83 bits per heavy atom. The SMILES string of the molecule is Cc1ccc(CC(=O)N[C@@H](C)c2ccc(-n3cncn3)cc2)cc1. The maximum absolute atomic E-state index is 12.2. The highest BCUT2D eigenvalue weighted by Gasteiger charge is 2.10. The normalized spacial score (nSPS) is 11.9. The summed E-state index contributed by atoms with van der Waals surface area (Å²) in [5.74, 6) is 0.0201. The topological polar surface area (TPSA) is 59.8 Å². The molecule has 1 aromatic heterocycles. The summed E-state index contributed by atoms with van der Waals surface area (Å²) in [7, 11) is 0. The van der Waals surface area contributed by atoms with Crippen LogP contribution in [-0.4, -0.2) is 20.7 Å². The third kappa shape index (κ3) is 3.87. The van der Waals surface area contributed by atoms with E-state index < -0.39 is 0 Å². The van der Waals surface area contributed by atoms with Crippen LogP contribution in [0.3, 0.4) is 0 Å². The van der Waals surface area contributed by atoms with Gasteiger partial charge in [0.15, 0.2) is 0 Å². The summed E-state index contributed by atoms with van der Waals surface area (Å²) in [4.78, 5) is 16.1. The van der Waals surface area contributed by atoms with Crippen LogP contribution in [-0.2, 0) is 11.2 Å². The number of aryl methyl sites for hydroxylation is 1. The van der Waals surface area contributed by atoms with Crippen molar-refractivity contribution in [3.05, 3.63) is 77.9 Å². The van der Waals surface area contributed by atoms with Crippen LogP contribution in [0.25, 0.3) is 5.69 Å². The number of carbonyl (C=O) groups is 1. The summed E-state index contributed by atoms with van der Waals surface area (Å²) in [6.07, 6.45) is 3.55. The molecular formula is C19H20N4O. The van der Waals surface area contributed by atoms with Gasteiger partial charge in [0.05, 0.1) is 18.2 Å². The zero-order valence-corrected chi connectivity index (χ0v) is 13.8. The smallest absolute Gasteiger partial charge is 0.224 e. The predicted octanol–water partition coefficient (Wildman–Crippen LogP) is 3.00. The molecule has 24 heavy (non-hydrogen) atoms. The Kier molecular flexibility index (Phi) is 4.70. The summed E-state index contributed by atoms with van der Waals surface area (Å²) in [6, 6.07) is 15.9. The fraction of sp³-hybridized carbons (Fsp3) is 0.211. The summed E-state index contributed by atoms with van der Waals surface area (Å²) in [6.45, 7) is 4.02. The molecule has 0 fully saturated rings. The van der Waals surface area contributed by atoms with E-state index >= 15 is 0 Å². The summed E-state index contributed by atoms with van der Waals surface area (Å²) in [5, 5.41) is 7.14. The highest BCUT2D eigenvalue weighted by Crippen LogP contribution is 2.15. The van der Waals surface area contributed by atoms with E-state index in [-0.39, 0.29) is 11.9 Å². The second kappa shape index (κ2) is 7.08. The zero-order chi connectivity index (χ0) is 16.9. The number of hydrogen-bond acceptors (Lipinski definition) is 3. The standard InChI is InChI=1S/C19H20N4O/c1-14-3-5-16(6-4-14)11-19(24)22-15(2)17-7-9-18(10-8-17)23-13-20-12-21-23/h3-10,12-13,15H,11H2,1-2H3,(H,22,24)/t15-/m0/s1. The molecule has 1 atom stereocenters. The van der Waals surface area contributed by atoms with Crippen LogP contribution >= 0.6 is 0 Å². The molecule has 0 aliphatic heterocycles. The van der Waals surface area contributed by atoms with E-state index in [0.29, 0.717) is 6.42 Å². The molecule has 1 heterocycles. The molecule has 3 rings (SSSR count). The first-order valence-electron chi connectivity index (χ1n) is 7.92. The highest BCUT2D eigenvalue weighted by atomic mass is 16.1. The van der Waals surface area contributed by atoms with Gasteiger partial charge in [-0.3, -0.25) is 4.79 Å². The van der Waals surface area contributed by atoms with Crippen molar-refractivity contribution in [1.29, 1.82) is 0 Å². The largest absolute Gasteiger partial charge is 0.349 e. The van der Waals surface area contributed by atoms with Gasteiger partial charge in [0.1, 0.15) is 12.7 Å². The molecule has 0 spiro atoms. The van der Waals surface area contributed by atoms with Crippen LogP contribution in [0.4, 0.5) is 0 Å². The van der Waals surface area contributed by atoms with Gasteiger partial charge in [0, 0.05) is 0 Å². The van der Waals surface area contributed by atoms with E-state index in [1.54, 1.807) is 11.0 Å². The van der Waals surface area contributed by atoms with Gasteiger partial charge in [-0.1, -0.05) is 42.0 Å². The van der Waals surface area contributed by atoms with Gasteiger partial charge in [-0.2, -0.15) is 5.10 Å². The van der Waals surface area contributed by atoms with Gasteiger partial charge in [0.2, 0.25) is 5.91 Å². The molecule has 0 saturated carbocycles. The van der Waals surface area contributed by atoms with Crippen molar-refractivity contribution in [2.24, 2.45) is 0 Å². The van der Waals surface area contributed by atoms with Crippen molar-refractivity contribution in [3.63, 3.8) is 0 Å². The van der Waals surface area contributed by atoms with Crippen LogP contribution < -0.4 is 5.32 Å². The van der Waals surface area contributed by atoms with Crippen LogP contribution in [0.1, 0.15) is 29.7 Å². The minimum atomic E-state index is -0.0484. The minimum Gasteiger partial charge on any atom is -0.349 e. The Balaban J connectivity index is 1.60. The number of hydrogen-bond donors (Lipinski definition) is 1.